The number of rotatable bonds is 5. The van der Waals surface area contributed by atoms with Gasteiger partial charge in [0.25, 0.3) is 5.91 Å². The van der Waals surface area contributed by atoms with Crippen LogP contribution < -0.4 is 5.32 Å². The molecule has 0 aliphatic heterocycles. The van der Waals surface area contributed by atoms with Crippen molar-refractivity contribution in [1.82, 2.24) is 9.88 Å². The van der Waals surface area contributed by atoms with Gasteiger partial charge in [-0.2, -0.15) is 13.2 Å². The molecule has 0 bridgehead atoms. The maximum atomic E-state index is 12.6. The first kappa shape index (κ1) is 21.0. The van der Waals surface area contributed by atoms with E-state index in [-0.39, 0.29) is 29.0 Å². The summed E-state index contributed by atoms with van der Waals surface area (Å²) in [4.78, 5) is 28.1. The van der Waals surface area contributed by atoms with Gasteiger partial charge in [-0.15, -0.1) is 0 Å². The summed E-state index contributed by atoms with van der Waals surface area (Å²) in [6, 6.07) is 8.81. The molecule has 10 heteroatoms. The molecule has 0 unspecified atom stereocenters. The normalized spacial score (nSPS) is 11.2. The van der Waals surface area contributed by atoms with Gasteiger partial charge in [0, 0.05) is 24.3 Å². The van der Waals surface area contributed by atoms with Crippen LogP contribution in [0.4, 0.5) is 18.9 Å². The molecule has 1 heterocycles. The number of hydrogen-bond donors (Lipinski definition) is 1. The largest absolute Gasteiger partial charge is 0.471 e. The van der Waals surface area contributed by atoms with Crippen molar-refractivity contribution < 1.29 is 22.8 Å². The van der Waals surface area contributed by atoms with Crippen molar-refractivity contribution in [3.8, 4) is 0 Å². The fourth-order valence-electron chi connectivity index (χ4n) is 2.27. The minimum Gasteiger partial charge on any atom is -0.331 e. The molecule has 1 aromatic carbocycles. The molecule has 0 spiro atoms. The Balaban J connectivity index is 2.15. The van der Waals surface area contributed by atoms with E-state index in [9.17, 15) is 22.8 Å². The van der Waals surface area contributed by atoms with Crippen molar-refractivity contribution in [3.05, 3.63) is 57.8 Å². The molecule has 2 amide bonds. The van der Waals surface area contributed by atoms with Crippen LogP contribution in [0.15, 0.2) is 36.4 Å². The molecule has 0 aliphatic carbocycles. The standard InChI is InChI=1S/C17H14Cl2F3N3O2/c1-2-25(16(27)17(20,21)22)9-10-4-3-5-12(6-10)23-15(26)11-7-13(18)24-14(19)8-11/h3-8H,2,9H2,1H3,(H,23,26). The Labute approximate surface area is 163 Å². The Morgan fingerprint density at radius 2 is 1.78 bits per heavy atom. The van der Waals surface area contributed by atoms with E-state index in [1.807, 2.05) is 0 Å². The highest BCUT2D eigenvalue weighted by Crippen LogP contribution is 2.21. The molecule has 0 saturated heterocycles. The van der Waals surface area contributed by atoms with E-state index in [2.05, 4.69) is 10.3 Å². The van der Waals surface area contributed by atoms with E-state index >= 15 is 0 Å². The third-order valence-corrected chi connectivity index (χ3v) is 3.88. The zero-order valence-corrected chi connectivity index (χ0v) is 15.5. The molecule has 0 radical (unpaired) electrons. The Morgan fingerprint density at radius 3 is 2.33 bits per heavy atom. The number of nitrogens with zero attached hydrogens (tertiary/aromatic N) is 2. The summed E-state index contributed by atoms with van der Waals surface area (Å²) in [5.41, 5.74) is 0.947. The summed E-state index contributed by atoms with van der Waals surface area (Å²) < 4.78 is 37.9. The van der Waals surface area contributed by atoms with Gasteiger partial charge < -0.3 is 10.2 Å². The van der Waals surface area contributed by atoms with Crippen LogP contribution in [0.1, 0.15) is 22.8 Å². The van der Waals surface area contributed by atoms with Gasteiger partial charge in [0.05, 0.1) is 0 Å². The summed E-state index contributed by atoms with van der Waals surface area (Å²) in [6.45, 7) is 1.10. The predicted molar refractivity (Wildman–Crippen MR) is 95.8 cm³/mol. The smallest absolute Gasteiger partial charge is 0.331 e. The average molecular weight is 420 g/mol. The first-order valence-corrected chi connectivity index (χ1v) is 8.45. The number of pyridine rings is 1. The number of alkyl halides is 3. The maximum absolute atomic E-state index is 12.6. The number of carbonyl (C=O) groups excluding carboxylic acids is 2. The van der Waals surface area contributed by atoms with Gasteiger partial charge in [0.2, 0.25) is 0 Å². The van der Waals surface area contributed by atoms with Crippen molar-refractivity contribution in [2.24, 2.45) is 0 Å². The van der Waals surface area contributed by atoms with Crippen molar-refractivity contribution >= 4 is 40.7 Å². The summed E-state index contributed by atoms with van der Waals surface area (Å²) in [6.07, 6.45) is -4.94. The monoisotopic (exact) mass is 419 g/mol. The van der Waals surface area contributed by atoms with Crippen molar-refractivity contribution in [3.63, 3.8) is 0 Å². The Kier molecular flexibility index (Phi) is 6.67. The predicted octanol–water partition coefficient (Wildman–Crippen LogP) is 4.55. The number of hydrogen-bond acceptors (Lipinski definition) is 3. The number of carbonyl (C=O) groups is 2. The lowest BCUT2D eigenvalue weighted by molar-refractivity contribution is -0.185. The first-order chi connectivity index (χ1) is 12.6. The van der Waals surface area contributed by atoms with Gasteiger partial charge in [-0.1, -0.05) is 35.3 Å². The number of benzene rings is 1. The Morgan fingerprint density at radius 1 is 1.15 bits per heavy atom. The lowest BCUT2D eigenvalue weighted by Crippen LogP contribution is -2.40. The topological polar surface area (TPSA) is 62.3 Å². The Hall–Kier alpha value is -2.32. The van der Waals surface area contributed by atoms with Crippen molar-refractivity contribution in [2.45, 2.75) is 19.6 Å². The maximum Gasteiger partial charge on any atom is 0.471 e. The molecular formula is C17H14Cl2F3N3O2. The second-order valence-corrected chi connectivity index (χ2v) is 6.25. The molecular weight excluding hydrogens is 406 g/mol. The summed E-state index contributed by atoms with van der Waals surface area (Å²) in [5, 5.41) is 2.69. The van der Waals surface area contributed by atoms with Gasteiger partial charge in [-0.05, 0) is 36.8 Å². The third-order valence-electron chi connectivity index (χ3n) is 3.49. The van der Waals surface area contributed by atoms with Crippen LogP contribution in [0.5, 0.6) is 0 Å². The molecule has 27 heavy (non-hydrogen) atoms. The number of nitrogens with one attached hydrogen (secondary N) is 1. The molecule has 2 aromatic rings. The van der Waals surface area contributed by atoms with Crippen LogP contribution in [-0.2, 0) is 11.3 Å². The fraction of sp³-hybridized carbons (Fsp3) is 0.235. The lowest BCUT2D eigenvalue weighted by atomic mass is 10.1. The quantitative estimate of drug-likeness (QED) is 0.722. The highest BCUT2D eigenvalue weighted by atomic mass is 35.5. The fourth-order valence-corrected chi connectivity index (χ4v) is 2.73. The minimum absolute atomic E-state index is 0.0469. The highest BCUT2D eigenvalue weighted by molar-refractivity contribution is 6.33. The SMILES string of the molecule is CCN(Cc1cccc(NC(=O)c2cc(Cl)nc(Cl)c2)c1)C(=O)C(F)(F)F. The Bertz CT molecular complexity index is 839. The minimum atomic E-state index is -4.94. The molecule has 0 saturated carbocycles. The third kappa shape index (κ3) is 5.83. The molecule has 0 aliphatic rings. The zero-order chi connectivity index (χ0) is 20.2. The molecule has 5 nitrogen and oxygen atoms in total. The van der Waals surface area contributed by atoms with E-state index in [0.717, 1.165) is 0 Å². The second kappa shape index (κ2) is 8.58. The summed E-state index contributed by atoms with van der Waals surface area (Å²) in [5.74, 6) is -2.43. The number of amides is 2. The zero-order valence-electron chi connectivity index (χ0n) is 14.0. The number of halogens is 5. The van der Waals surface area contributed by atoms with Gasteiger partial charge in [0.1, 0.15) is 10.3 Å². The van der Waals surface area contributed by atoms with E-state index in [1.54, 1.807) is 18.2 Å². The molecule has 0 fully saturated rings. The number of anilines is 1. The number of aromatic nitrogens is 1. The van der Waals surface area contributed by atoms with Gasteiger partial charge >= 0.3 is 12.1 Å². The van der Waals surface area contributed by atoms with Crippen LogP contribution in [0.3, 0.4) is 0 Å². The van der Waals surface area contributed by atoms with Gasteiger partial charge in [-0.3, -0.25) is 9.59 Å². The lowest BCUT2D eigenvalue weighted by Gasteiger charge is -2.22. The van der Waals surface area contributed by atoms with E-state index < -0.39 is 18.0 Å². The van der Waals surface area contributed by atoms with Crippen LogP contribution >= 0.6 is 23.2 Å². The summed E-state index contributed by atoms with van der Waals surface area (Å²) in [7, 11) is 0. The first-order valence-electron chi connectivity index (χ1n) is 7.69. The van der Waals surface area contributed by atoms with Crippen molar-refractivity contribution in [2.75, 3.05) is 11.9 Å². The van der Waals surface area contributed by atoms with Crippen molar-refractivity contribution in [1.29, 1.82) is 0 Å². The van der Waals surface area contributed by atoms with E-state index in [1.165, 1.54) is 25.1 Å². The molecule has 1 N–H and O–H groups in total. The van der Waals surface area contributed by atoms with Crippen LogP contribution in [0, 0.1) is 0 Å². The van der Waals surface area contributed by atoms with Crippen LogP contribution in [0.2, 0.25) is 10.3 Å². The average Bonchev–Trinajstić information content (AvgIpc) is 2.57. The second-order valence-electron chi connectivity index (χ2n) is 5.47. The highest BCUT2D eigenvalue weighted by Gasteiger charge is 2.41. The summed E-state index contributed by atoms with van der Waals surface area (Å²) >= 11 is 11.5. The molecule has 144 valence electrons. The molecule has 0 atom stereocenters. The van der Waals surface area contributed by atoms with Crippen LogP contribution in [0.25, 0.3) is 0 Å². The van der Waals surface area contributed by atoms with E-state index in [0.29, 0.717) is 16.2 Å². The molecule has 2 rings (SSSR count). The molecule has 1 aromatic heterocycles. The van der Waals surface area contributed by atoms with Gasteiger partial charge in [-0.25, -0.2) is 4.98 Å². The van der Waals surface area contributed by atoms with Gasteiger partial charge in [0.15, 0.2) is 0 Å². The van der Waals surface area contributed by atoms with Crippen LogP contribution in [-0.4, -0.2) is 34.4 Å². The van der Waals surface area contributed by atoms with E-state index in [4.69, 9.17) is 23.2 Å².